The second-order valence-electron chi connectivity index (χ2n) is 5.43. The van der Waals surface area contributed by atoms with E-state index in [0.717, 1.165) is 0 Å². The average molecular weight is 297 g/mol. The third-order valence-electron chi connectivity index (χ3n) is 3.68. The number of amides is 1. The van der Waals surface area contributed by atoms with E-state index in [1.807, 2.05) is 0 Å². The number of hydrogen-bond acceptors (Lipinski definition) is 2. The standard InChI is InChI=1S/C15H17F2NO3/c1-8(5-6-13(19)20)18-15(21)10-7-9(10)14-11(16)3-2-4-12(14)17/h2-4,8-10H,5-7H2,1H3,(H,18,21)(H,19,20)/t8-,9+,10+/m1/s1. The summed E-state index contributed by atoms with van der Waals surface area (Å²) in [6.45, 7) is 1.71. The minimum absolute atomic E-state index is 0.0303. The van der Waals surface area contributed by atoms with Crippen molar-refractivity contribution >= 4 is 11.9 Å². The van der Waals surface area contributed by atoms with E-state index in [1.165, 1.54) is 18.2 Å². The molecule has 1 amide bonds. The van der Waals surface area contributed by atoms with Gasteiger partial charge in [-0.25, -0.2) is 8.78 Å². The lowest BCUT2D eigenvalue weighted by atomic mass is 10.1. The van der Waals surface area contributed by atoms with Crippen molar-refractivity contribution in [3.63, 3.8) is 0 Å². The lowest BCUT2D eigenvalue weighted by Gasteiger charge is -2.12. The van der Waals surface area contributed by atoms with Crippen molar-refractivity contribution in [3.8, 4) is 0 Å². The molecule has 0 saturated heterocycles. The van der Waals surface area contributed by atoms with Crippen LogP contribution in [0.1, 0.15) is 37.7 Å². The van der Waals surface area contributed by atoms with Gasteiger partial charge in [0.25, 0.3) is 0 Å². The Morgan fingerprint density at radius 2 is 2.00 bits per heavy atom. The van der Waals surface area contributed by atoms with Crippen LogP contribution in [0.5, 0.6) is 0 Å². The molecule has 2 N–H and O–H groups in total. The summed E-state index contributed by atoms with van der Waals surface area (Å²) in [6.07, 6.45) is 0.708. The third kappa shape index (κ3) is 3.77. The van der Waals surface area contributed by atoms with Crippen LogP contribution in [0.2, 0.25) is 0 Å². The monoisotopic (exact) mass is 297 g/mol. The predicted molar refractivity (Wildman–Crippen MR) is 71.7 cm³/mol. The summed E-state index contributed by atoms with van der Waals surface area (Å²) >= 11 is 0. The molecule has 1 aromatic rings. The second kappa shape index (κ2) is 6.20. The fourth-order valence-electron chi connectivity index (χ4n) is 2.43. The predicted octanol–water partition coefficient (Wildman–Crippen LogP) is 2.44. The molecule has 0 aliphatic heterocycles. The van der Waals surface area contributed by atoms with Crippen LogP contribution in [0.15, 0.2) is 18.2 Å². The molecular formula is C15H17F2NO3. The van der Waals surface area contributed by atoms with E-state index in [-0.39, 0.29) is 23.9 Å². The van der Waals surface area contributed by atoms with Gasteiger partial charge in [0.1, 0.15) is 11.6 Å². The number of carboxylic acid groups (broad SMARTS) is 1. The molecule has 1 aliphatic rings. The molecule has 0 spiro atoms. The first-order valence-electron chi connectivity index (χ1n) is 6.86. The molecule has 0 radical (unpaired) electrons. The van der Waals surface area contributed by atoms with Crippen molar-refractivity contribution in [1.29, 1.82) is 0 Å². The van der Waals surface area contributed by atoms with Gasteiger partial charge in [0, 0.05) is 29.9 Å². The number of rotatable bonds is 6. The van der Waals surface area contributed by atoms with Crippen molar-refractivity contribution in [2.75, 3.05) is 0 Å². The summed E-state index contributed by atoms with van der Waals surface area (Å²) in [5.74, 6) is -3.33. The smallest absolute Gasteiger partial charge is 0.303 e. The highest BCUT2D eigenvalue weighted by atomic mass is 19.1. The van der Waals surface area contributed by atoms with Crippen LogP contribution < -0.4 is 5.32 Å². The molecule has 0 aromatic heterocycles. The Bertz CT molecular complexity index is 542. The molecule has 1 aliphatic carbocycles. The number of benzene rings is 1. The molecule has 0 heterocycles. The van der Waals surface area contributed by atoms with Crippen LogP contribution in [0, 0.1) is 17.6 Å². The van der Waals surface area contributed by atoms with E-state index in [0.29, 0.717) is 12.8 Å². The molecule has 2 rings (SSSR count). The van der Waals surface area contributed by atoms with E-state index in [1.54, 1.807) is 6.92 Å². The first-order valence-corrected chi connectivity index (χ1v) is 6.86. The van der Waals surface area contributed by atoms with Crippen LogP contribution >= 0.6 is 0 Å². The van der Waals surface area contributed by atoms with Gasteiger partial charge in [0.15, 0.2) is 0 Å². The number of halogens is 2. The minimum Gasteiger partial charge on any atom is -0.481 e. The van der Waals surface area contributed by atoms with Crippen LogP contribution in [0.25, 0.3) is 0 Å². The summed E-state index contributed by atoms with van der Waals surface area (Å²) in [6, 6.07) is 3.38. The van der Waals surface area contributed by atoms with Crippen molar-refractivity contribution < 1.29 is 23.5 Å². The minimum atomic E-state index is -0.922. The van der Waals surface area contributed by atoms with Gasteiger partial charge < -0.3 is 10.4 Å². The zero-order chi connectivity index (χ0) is 15.6. The highest BCUT2D eigenvalue weighted by Crippen LogP contribution is 2.49. The molecule has 21 heavy (non-hydrogen) atoms. The molecule has 1 aromatic carbocycles. The zero-order valence-corrected chi connectivity index (χ0v) is 11.6. The van der Waals surface area contributed by atoms with Crippen LogP contribution in [0.3, 0.4) is 0 Å². The SMILES string of the molecule is C[C@H](CCC(=O)O)NC(=O)[C@H]1C[C@@H]1c1c(F)cccc1F. The maximum absolute atomic E-state index is 13.6. The van der Waals surface area contributed by atoms with Crippen molar-refractivity contribution in [3.05, 3.63) is 35.4 Å². The van der Waals surface area contributed by atoms with E-state index < -0.39 is 29.4 Å². The number of carboxylic acids is 1. The van der Waals surface area contributed by atoms with Gasteiger partial charge in [-0.3, -0.25) is 9.59 Å². The maximum Gasteiger partial charge on any atom is 0.303 e. The molecule has 3 atom stereocenters. The fraction of sp³-hybridized carbons (Fsp3) is 0.467. The number of nitrogens with one attached hydrogen (secondary N) is 1. The summed E-state index contributed by atoms with van der Waals surface area (Å²) < 4.78 is 27.2. The van der Waals surface area contributed by atoms with E-state index in [9.17, 15) is 18.4 Å². The van der Waals surface area contributed by atoms with E-state index in [4.69, 9.17) is 5.11 Å². The van der Waals surface area contributed by atoms with E-state index >= 15 is 0 Å². The molecule has 0 unspecified atom stereocenters. The third-order valence-corrected chi connectivity index (χ3v) is 3.68. The Morgan fingerprint density at radius 3 is 2.57 bits per heavy atom. The van der Waals surface area contributed by atoms with Gasteiger partial charge in [-0.1, -0.05) is 6.07 Å². The first kappa shape index (κ1) is 15.4. The van der Waals surface area contributed by atoms with Gasteiger partial charge in [-0.2, -0.15) is 0 Å². The average Bonchev–Trinajstić information content (AvgIpc) is 3.16. The molecular weight excluding hydrogens is 280 g/mol. The normalized spacial score (nSPS) is 21.7. The second-order valence-corrected chi connectivity index (χ2v) is 5.43. The summed E-state index contributed by atoms with van der Waals surface area (Å²) in [4.78, 5) is 22.4. The summed E-state index contributed by atoms with van der Waals surface area (Å²) in [5, 5.41) is 11.3. The topological polar surface area (TPSA) is 66.4 Å². The number of hydrogen-bond donors (Lipinski definition) is 2. The zero-order valence-electron chi connectivity index (χ0n) is 11.6. The highest BCUT2D eigenvalue weighted by molar-refractivity contribution is 5.83. The van der Waals surface area contributed by atoms with Gasteiger partial charge in [0.05, 0.1) is 0 Å². The van der Waals surface area contributed by atoms with Crippen molar-refractivity contribution in [1.82, 2.24) is 5.32 Å². The fourth-order valence-corrected chi connectivity index (χ4v) is 2.43. The molecule has 1 saturated carbocycles. The Labute approximate surface area is 121 Å². The summed E-state index contributed by atoms with van der Waals surface area (Å²) in [7, 11) is 0. The quantitative estimate of drug-likeness (QED) is 0.847. The number of aliphatic carboxylic acids is 1. The Morgan fingerprint density at radius 1 is 1.38 bits per heavy atom. The van der Waals surface area contributed by atoms with Gasteiger partial charge >= 0.3 is 5.97 Å². The highest BCUT2D eigenvalue weighted by Gasteiger charge is 2.46. The summed E-state index contributed by atoms with van der Waals surface area (Å²) in [5.41, 5.74) is -0.0316. The largest absolute Gasteiger partial charge is 0.481 e. The molecule has 114 valence electrons. The Balaban J connectivity index is 1.91. The van der Waals surface area contributed by atoms with Gasteiger partial charge in [0.2, 0.25) is 5.91 Å². The van der Waals surface area contributed by atoms with Crippen molar-refractivity contribution in [2.24, 2.45) is 5.92 Å². The molecule has 4 nitrogen and oxygen atoms in total. The Kier molecular flexibility index (Phi) is 4.55. The molecule has 6 heteroatoms. The number of carbonyl (C=O) groups excluding carboxylic acids is 1. The molecule has 0 bridgehead atoms. The van der Waals surface area contributed by atoms with Gasteiger partial charge in [-0.05, 0) is 31.9 Å². The lowest BCUT2D eigenvalue weighted by Crippen LogP contribution is -2.34. The Hall–Kier alpha value is -1.98. The van der Waals surface area contributed by atoms with Crippen LogP contribution in [0.4, 0.5) is 8.78 Å². The lowest BCUT2D eigenvalue weighted by molar-refractivity contribution is -0.137. The van der Waals surface area contributed by atoms with Crippen LogP contribution in [-0.2, 0) is 9.59 Å². The number of carbonyl (C=O) groups is 2. The van der Waals surface area contributed by atoms with E-state index in [2.05, 4.69) is 5.32 Å². The first-order chi connectivity index (χ1) is 9.90. The maximum atomic E-state index is 13.6. The molecule has 1 fully saturated rings. The van der Waals surface area contributed by atoms with Gasteiger partial charge in [-0.15, -0.1) is 0 Å². The van der Waals surface area contributed by atoms with Crippen LogP contribution in [-0.4, -0.2) is 23.0 Å². The van der Waals surface area contributed by atoms with Crippen molar-refractivity contribution in [2.45, 2.75) is 38.1 Å².